The number of carbonyl (C=O) groups is 1. The van der Waals surface area contributed by atoms with Crippen molar-refractivity contribution in [1.82, 2.24) is 9.88 Å². The van der Waals surface area contributed by atoms with Gasteiger partial charge in [-0.2, -0.15) is 0 Å². The fourth-order valence-corrected chi connectivity index (χ4v) is 2.36. The lowest BCUT2D eigenvalue weighted by atomic mass is 10.0. The fourth-order valence-electron chi connectivity index (χ4n) is 2.36. The van der Waals surface area contributed by atoms with E-state index in [1.807, 2.05) is 30.2 Å². The first-order valence-electron chi connectivity index (χ1n) is 7.15. The van der Waals surface area contributed by atoms with Gasteiger partial charge in [-0.25, -0.2) is 4.98 Å². The van der Waals surface area contributed by atoms with Crippen LogP contribution in [0.2, 0.25) is 0 Å². The first kappa shape index (κ1) is 13.8. The Labute approximate surface area is 115 Å². The maximum atomic E-state index is 12.0. The third-order valence-electron chi connectivity index (χ3n) is 3.65. The average Bonchev–Trinajstić information content (AvgIpc) is 2.57. The molecule has 0 bridgehead atoms. The van der Waals surface area contributed by atoms with Crippen molar-refractivity contribution in [2.24, 2.45) is 5.92 Å². The standard InChI is InChI=1S/C15H23N3O/c1-3-16-14-6-5-13(10-17-14)11-18-9-8-12(2)4-7-15(18)19/h5-6,10,12H,3-4,7-9,11H2,1-2H3,(H,16,17). The van der Waals surface area contributed by atoms with Gasteiger partial charge in [-0.1, -0.05) is 13.0 Å². The predicted molar refractivity (Wildman–Crippen MR) is 76.8 cm³/mol. The Hall–Kier alpha value is -1.58. The highest BCUT2D eigenvalue weighted by molar-refractivity contribution is 5.76. The molecule has 0 spiro atoms. The number of likely N-dealkylation sites (tertiary alicyclic amines) is 1. The van der Waals surface area contributed by atoms with Crippen LogP contribution in [0.3, 0.4) is 0 Å². The molecule has 1 N–H and O–H groups in total. The van der Waals surface area contributed by atoms with Crippen LogP contribution < -0.4 is 5.32 Å². The molecule has 1 saturated heterocycles. The average molecular weight is 261 g/mol. The van der Waals surface area contributed by atoms with Gasteiger partial charge in [0.2, 0.25) is 5.91 Å². The van der Waals surface area contributed by atoms with Crippen LogP contribution in [0.5, 0.6) is 0 Å². The minimum absolute atomic E-state index is 0.278. The van der Waals surface area contributed by atoms with Crippen LogP contribution >= 0.6 is 0 Å². The molecular formula is C15H23N3O. The first-order chi connectivity index (χ1) is 9.19. The summed E-state index contributed by atoms with van der Waals surface area (Å²) in [5.41, 5.74) is 1.10. The van der Waals surface area contributed by atoms with Gasteiger partial charge in [0, 0.05) is 32.3 Å². The van der Waals surface area contributed by atoms with E-state index >= 15 is 0 Å². The second kappa shape index (κ2) is 6.55. The number of amides is 1. The van der Waals surface area contributed by atoms with Gasteiger partial charge in [0.05, 0.1) is 0 Å². The molecule has 0 aliphatic carbocycles. The summed E-state index contributed by atoms with van der Waals surface area (Å²) in [6.07, 6.45) is 4.67. The van der Waals surface area contributed by atoms with E-state index in [2.05, 4.69) is 17.2 Å². The van der Waals surface area contributed by atoms with Crippen molar-refractivity contribution in [1.29, 1.82) is 0 Å². The number of rotatable bonds is 4. The van der Waals surface area contributed by atoms with Crippen molar-refractivity contribution in [3.8, 4) is 0 Å². The zero-order valence-electron chi connectivity index (χ0n) is 11.9. The Morgan fingerprint density at radius 2 is 2.26 bits per heavy atom. The van der Waals surface area contributed by atoms with Gasteiger partial charge in [-0.3, -0.25) is 4.79 Å². The van der Waals surface area contributed by atoms with E-state index < -0.39 is 0 Å². The maximum absolute atomic E-state index is 12.0. The number of pyridine rings is 1. The molecule has 0 radical (unpaired) electrons. The van der Waals surface area contributed by atoms with Gasteiger partial charge in [0.1, 0.15) is 5.82 Å². The monoisotopic (exact) mass is 261 g/mol. The molecule has 19 heavy (non-hydrogen) atoms. The third-order valence-corrected chi connectivity index (χ3v) is 3.65. The van der Waals surface area contributed by atoms with Gasteiger partial charge in [-0.15, -0.1) is 0 Å². The maximum Gasteiger partial charge on any atom is 0.222 e. The Kier molecular flexibility index (Phi) is 4.77. The van der Waals surface area contributed by atoms with Crippen molar-refractivity contribution >= 4 is 11.7 Å². The van der Waals surface area contributed by atoms with E-state index in [0.29, 0.717) is 18.9 Å². The summed E-state index contributed by atoms with van der Waals surface area (Å²) >= 11 is 0. The van der Waals surface area contributed by atoms with Gasteiger partial charge in [0.25, 0.3) is 0 Å². The van der Waals surface area contributed by atoms with Gasteiger partial charge in [-0.05, 0) is 37.3 Å². The van der Waals surface area contributed by atoms with Crippen LogP contribution in [-0.2, 0) is 11.3 Å². The Morgan fingerprint density at radius 1 is 1.42 bits per heavy atom. The molecule has 1 unspecified atom stereocenters. The molecule has 1 aliphatic rings. The lowest BCUT2D eigenvalue weighted by Crippen LogP contribution is -2.29. The first-order valence-corrected chi connectivity index (χ1v) is 7.15. The Bertz CT molecular complexity index is 416. The molecule has 2 rings (SSSR count). The minimum atomic E-state index is 0.278. The molecule has 4 nitrogen and oxygen atoms in total. The van der Waals surface area contributed by atoms with E-state index in [4.69, 9.17) is 0 Å². The zero-order valence-corrected chi connectivity index (χ0v) is 11.9. The number of hydrogen-bond acceptors (Lipinski definition) is 3. The summed E-state index contributed by atoms with van der Waals surface area (Å²) in [6, 6.07) is 4.02. The number of nitrogens with zero attached hydrogens (tertiary/aromatic N) is 2. The molecule has 1 atom stereocenters. The summed E-state index contributed by atoms with van der Waals surface area (Å²) in [7, 11) is 0. The number of anilines is 1. The third kappa shape index (κ3) is 3.94. The molecule has 1 aliphatic heterocycles. The Morgan fingerprint density at radius 3 is 2.95 bits per heavy atom. The predicted octanol–water partition coefficient (Wildman–Crippen LogP) is 2.66. The quantitative estimate of drug-likeness (QED) is 0.906. The van der Waals surface area contributed by atoms with Crippen LogP contribution in [0.15, 0.2) is 18.3 Å². The fraction of sp³-hybridized carbons (Fsp3) is 0.600. The number of aromatic nitrogens is 1. The van der Waals surface area contributed by atoms with Crippen LogP contribution in [0, 0.1) is 5.92 Å². The topological polar surface area (TPSA) is 45.2 Å². The summed E-state index contributed by atoms with van der Waals surface area (Å²) in [5.74, 6) is 1.82. The summed E-state index contributed by atoms with van der Waals surface area (Å²) in [4.78, 5) is 18.3. The van der Waals surface area contributed by atoms with E-state index in [9.17, 15) is 4.79 Å². The summed E-state index contributed by atoms with van der Waals surface area (Å²) < 4.78 is 0. The second-order valence-corrected chi connectivity index (χ2v) is 5.33. The molecule has 1 fully saturated rings. The van der Waals surface area contributed by atoms with Gasteiger partial charge < -0.3 is 10.2 Å². The van der Waals surface area contributed by atoms with Crippen LogP contribution in [-0.4, -0.2) is 28.9 Å². The van der Waals surface area contributed by atoms with E-state index in [-0.39, 0.29) is 5.91 Å². The van der Waals surface area contributed by atoms with Crippen LogP contribution in [0.4, 0.5) is 5.82 Å². The molecule has 1 aromatic rings. The number of carbonyl (C=O) groups excluding carboxylic acids is 1. The molecule has 1 amide bonds. The lowest BCUT2D eigenvalue weighted by molar-refractivity contribution is -0.131. The highest BCUT2D eigenvalue weighted by Crippen LogP contribution is 2.19. The Balaban J connectivity index is 1.97. The molecule has 4 heteroatoms. The molecule has 0 saturated carbocycles. The van der Waals surface area contributed by atoms with Crippen LogP contribution in [0.25, 0.3) is 0 Å². The molecule has 2 heterocycles. The molecular weight excluding hydrogens is 238 g/mol. The van der Waals surface area contributed by atoms with E-state index in [0.717, 1.165) is 37.3 Å². The van der Waals surface area contributed by atoms with Crippen LogP contribution in [0.1, 0.15) is 38.7 Å². The number of hydrogen-bond donors (Lipinski definition) is 1. The molecule has 1 aromatic heterocycles. The van der Waals surface area contributed by atoms with Crippen molar-refractivity contribution < 1.29 is 4.79 Å². The number of nitrogens with one attached hydrogen (secondary N) is 1. The van der Waals surface area contributed by atoms with Gasteiger partial charge >= 0.3 is 0 Å². The van der Waals surface area contributed by atoms with Crippen molar-refractivity contribution in [2.75, 3.05) is 18.4 Å². The van der Waals surface area contributed by atoms with Crippen molar-refractivity contribution in [2.45, 2.75) is 39.7 Å². The van der Waals surface area contributed by atoms with Gasteiger partial charge in [0.15, 0.2) is 0 Å². The highest BCUT2D eigenvalue weighted by atomic mass is 16.2. The second-order valence-electron chi connectivity index (χ2n) is 5.33. The largest absolute Gasteiger partial charge is 0.370 e. The SMILES string of the molecule is CCNc1ccc(CN2CCC(C)CCC2=O)cn1. The molecule has 0 aromatic carbocycles. The van der Waals surface area contributed by atoms with Crippen molar-refractivity contribution in [3.63, 3.8) is 0 Å². The summed E-state index contributed by atoms with van der Waals surface area (Å²) in [5, 5.41) is 3.17. The zero-order chi connectivity index (χ0) is 13.7. The van der Waals surface area contributed by atoms with Crippen molar-refractivity contribution in [3.05, 3.63) is 23.9 Å². The van der Waals surface area contributed by atoms with E-state index in [1.54, 1.807) is 0 Å². The summed E-state index contributed by atoms with van der Waals surface area (Å²) in [6.45, 7) is 6.70. The highest BCUT2D eigenvalue weighted by Gasteiger charge is 2.20. The molecule has 104 valence electrons. The minimum Gasteiger partial charge on any atom is -0.370 e. The normalized spacial score (nSPS) is 20.2. The lowest BCUT2D eigenvalue weighted by Gasteiger charge is -2.20. The van der Waals surface area contributed by atoms with E-state index in [1.165, 1.54) is 0 Å². The smallest absolute Gasteiger partial charge is 0.222 e.